The number of nitrogens with zero attached hydrogens (tertiary/aromatic N) is 3. The van der Waals surface area contributed by atoms with E-state index in [1.54, 1.807) is 0 Å². The summed E-state index contributed by atoms with van der Waals surface area (Å²) < 4.78 is 7.05. The predicted octanol–water partition coefficient (Wildman–Crippen LogP) is 3.09. The highest BCUT2D eigenvalue weighted by molar-refractivity contribution is 9.10. The van der Waals surface area contributed by atoms with Crippen LogP contribution in [0.4, 0.5) is 5.82 Å². The first kappa shape index (κ1) is 16.7. The maximum absolute atomic E-state index is 5.98. The summed E-state index contributed by atoms with van der Waals surface area (Å²) in [7, 11) is 4.21. The number of hydrogen-bond donors (Lipinski definition) is 0. The summed E-state index contributed by atoms with van der Waals surface area (Å²) in [5, 5.41) is 0. The van der Waals surface area contributed by atoms with Crippen LogP contribution in [0.1, 0.15) is 24.8 Å². The van der Waals surface area contributed by atoms with Crippen LogP contribution in [0.5, 0.6) is 0 Å². The lowest BCUT2D eigenvalue weighted by molar-refractivity contribution is 0.0332. The van der Waals surface area contributed by atoms with Gasteiger partial charge in [0.25, 0.3) is 0 Å². The average Bonchev–Trinajstić information content (AvgIpc) is 2.47. The quantitative estimate of drug-likeness (QED) is 0.733. The van der Waals surface area contributed by atoms with Crippen molar-refractivity contribution in [1.82, 2.24) is 9.88 Å². The van der Waals surface area contributed by atoms with Gasteiger partial charge in [0, 0.05) is 30.4 Å². The first-order chi connectivity index (χ1) is 10.1. The molecule has 4 nitrogen and oxygen atoms in total. The Morgan fingerprint density at radius 3 is 2.71 bits per heavy atom. The maximum Gasteiger partial charge on any atom is 0.128 e. The van der Waals surface area contributed by atoms with E-state index in [1.165, 1.54) is 5.56 Å². The van der Waals surface area contributed by atoms with Crippen LogP contribution in [0.15, 0.2) is 16.7 Å². The molecule has 0 aliphatic carbocycles. The van der Waals surface area contributed by atoms with Crippen LogP contribution in [-0.2, 0) is 4.74 Å². The summed E-state index contributed by atoms with van der Waals surface area (Å²) in [6, 6.07) is 2.16. The molecule has 21 heavy (non-hydrogen) atoms. The number of anilines is 1. The van der Waals surface area contributed by atoms with Crippen LogP contribution in [0.25, 0.3) is 0 Å². The monoisotopic (exact) mass is 355 g/mol. The van der Waals surface area contributed by atoms with Crippen LogP contribution < -0.4 is 4.90 Å². The molecule has 1 fully saturated rings. The number of halogens is 1. The van der Waals surface area contributed by atoms with Gasteiger partial charge in [-0.2, -0.15) is 0 Å². The van der Waals surface area contributed by atoms with Crippen LogP contribution >= 0.6 is 15.9 Å². The van der Waals surface area contributed by atoms with E-state index >= 15 is 0 Å². The van der Waals surface area contributed by atoms with E-state index in [2.05, 4.69) is 57.8 Å². The molecule has 0 saturated carbocycles. The summed E-state index contributed by atoms with van der Waals surface area (Å²) in [5.41, 5.74) is 1.24. The summed E-state index contributed by atoms with van der Waals surface area (Å²) in [5.74, 6) is 1.08. The van der Waals surface area contributed by atoms with E-state index in [0.29, 0.717) is 6.10 Å². The molecule has 0 spiro atoms. The Hall–Kier alpha value is -0.650. The van der Waals surface area contributed by atoms with Gasteiger partial charge < -0.3 is 14.5 Å². The Bertz CT molecular complexity index is 445. The first-order valence-corrected chi connectivity index (χ1v) is 8.49. The van der Waals surface area contributed by atoms with E-state index in [4.69, 9.17) is 4.74 Å². The molecular weight excluding hydrogens is 330 g/mol. The first-order valence-electron chi connectivity index (χ1n) is 7.69. The number of hydrogen-bond acceptors (Lipinski definition) is 4. The molecule has 0 amide bonds. The lowest BCUT2D eigenvalue weighted by atomic mass is 10.1. The highest BCUT2D eigenvalue weighted by Crippen LogP contribution is 2.23. The Morgan fingerprint density at radius 2 is 2.10 bits per heavy atom. The minimum absolute atomic E-state index is 0.417. The van der Waals surface area contributed by atoms with Crippen LogP contribution in [0.3, 0.4) is 0 Å². The van der Waals surface area contributed by atoms with Gasteiger partial charge in [-0.1, -0.05) is 0 Å². The molecule has 118 valence electrons. The van der Waals surface area contributed by atoms with E-state index < -0.39 is 0 Å². The lowest BCUT2D eigenvalue weighted by Gasteiger charge is -2.33. The van der Waals surface area contributed by atoms with E-state index in [9.17, 15) is 0 Å². The van der Waals surface area contributed by atoms with Gasteiger partial charge in [0.1, 0.15) is 5.82 Å². The van der Waals surface area contributed by atoms with Crippen LogP contribution in [0.2, 0.25) is 0 Å². The zero-order chi connectivity index (χ0) is 15.2. The zero-order valence-electron chi connectivity index (χ0n) is 13.3. The third kappa shape index (κ3) is 5.24. The largest absolute Gasteiger partial charge is 0.378 e. The van der Waals surface area contributed by atoms with Crippen molar-refractivity contribution in [2.45, 2.75) is 32.3 Å². The van der Waals surface area contributed by atoms with Crippen molar-refractivity contribution in [3.63, 3.8) is 0 Å². The normalized spacial score (nSPS) is 16.7. The van der Waals surface area contributed by atoms with Crippen molar-refractivity contribution in [3.8, 4) is 0 Å². The molecule has 2 heterocycles. The van der Waals surface area contributed by atoms with Gasteiger partial charge >= 0.3 is 0 Å². The van der Waals surface area contributed by atoms with Gasteiger partial charge in [0.2, 0.25) is 0 Å². The highest BCUT2D eigenvalue weighted by Gasteiger charge is 2.20. The number of aromatic nitrogens is 1. The SMILES string of the molecule is Cc1cc(N2CCC(OCCCN(C)C)CC2)ncc1Br. The molecular formula is C16H26BrN3O. The summed E-state index contributed by atoms with van der Waals surface area (Å²) in [6.07, 6.45) is 5.62. The predicted molar refractivity (Wildman–Crippen MR) is 91.0 cm³/mol. The molecule has 0 bridgehead atoms. The molecule has 1 aromatic rings. The zero-order valence-corrected chi connectivity index (χ0v) is 14.9. The average molecular weight is 356 g/mol. The second-order valence-corrected chi connectivity index (χ2v) is 6.86. The Balaban J connectivity index is 1.74. The van der Waals surface area contributed by atoms with Gasteiger partial charge in [0.05, 0.1) is 6.10 Å². The molecule has 0 aromatic carbocycles. The molecule has 0 unspecified atom stereocenters. The van der Waals surface area contributed by atoms with E-state index in [0.717, 1.165) is 55.8 Å². The van der Waals surface area contributed by atoms with Crippen LogP contribution in [0, 0.1) is 6.92 Å². The molecule has 2 rings (SSSR count). The van der Waals surface area contributed by atoms with Crippen molar-refractivity contribution in [2.75, 3.05) is 45.2 Å². The van der Waals surface area contributed by atoms with Crippen molar-refractivity contribution in [3.05, 3.63) is 22.3 Å². The molecule has 1 saturated heterocycles. The molecule has 1 aromatic heterocycles. The standard InChI is InChI=1S/C16H26BrN3O/c1-13-11-16(18-12-15(13)17)20-8-5-14(6-9-20)21-10-4-7-19(2)3/h11-12,14H,4-10H2,1-3H3. The van der Waals surface area contributed by atoms with Crippen molar-refractivity contribution < 1.29 is 4.74 Å². The molecule has 0 N–H and O–H groups in total. The molecule has 1 aliphatic heterocycles. The van der Waals surface area contributed by atoms with Crippen molar-refractivity contribution in [1.29, 1.82) is 0 Å². The lowest BCUT2D eigenvalue weighted by Crippen LogP contribution is -2.37. The van der Waals surface area contributed by atoms with Crippen molar-refractivity contribution >= 4 is 21.7 Å². The smallest absolute Gasteiger partial charge is 0.128 e. The topological polar surface area (TPSA) is 28.6 Å². The van der Waals surface area contributed by atoms with Crippen LogP contribution in [-0.4, -0.2) is 56.3 Å². The summed E-state index contributed by atoms with van der Waals surface area (Å²) >= 11 is 3.50. The third-order valence-electron chi connectivity index (χ3n) is 3.90. The van der Waals surface area contributed by atoms with Gasteiger partial charge in [-0.25, -0.2) is 4.98 Å². The second kappa shape index (κ2) is 8.11. The Morgan fingerprint density at radius 1 is 1.38 bits per heavy atom. The number of pyridine rings is 1. The number of piperidine rings is 1. The minimum Gasteiger partial charge on any atom is -0.378 e. The second-order valence-electron chi connectivity index (χ2n) is 6.01. The minimum atomic E-state index is 0.417. The summed E-state index contributed by atoms with van der Waals surface area (Å²) in [6.45, 7) is 6.15. The number of aryl methyl sites for hydroxylation is 1. The number of ether oxygens (including phenoxy) is 1. The van der Waals surface area contributed by atoms with Gasteiger partial charge in [-0.05, 0) is 74.4 Å². The number of rotatable bonds is 6. The van der Waals surface area contributed by atoms with Crippen molar-refractivity contribution in [2.24, 2.45) is 0 Å². The van der Waals surface area contributed by atoms with Gasteiger partial charge in [-0.15, -0.1) is 0 Å². The van der Waals surface area contributed by atoms with Gasteiger partial charge in [-0.3, -0.25) is 0 Å². The Labute approximate surface area is 136 Å². The van der Waals surface area contributed by atoms with Gasteiger partial charge in [0.15, 0.2) is 0 Å². The van der Waals surface area contributed by atoms with E-state index in [1.807, 2.05) is 6.20 Å². The van der Waals surface area contributed by atoms with E-state index in [-0.39, 0.29) is 0 Å². The highest BCUT2D eigenvalue weighted by atomic mass is 79.9. The maximum atomic E-state index is 5.98. The molecule has 5 heteroatoms. The molecule has 1 aliphatic rings. The molecule has 0 radical (unpaired) electrons. The fraction of sp³-hybridized carbons (Fsp3) is 0.688. The summed E-state index contributed by atoms with van der Waals surface area (Å²) in [4.78, 5) is 9.08. The molecule has 0 atom stereocenters. The third-order valence-corrected chi connectivity index (χ3v) is 4.73. The Kier molecular flexibility index (Phi) is 6.45. The fourth-order valence-corrected chi connectivity index (χ4v) is 2.80. The fourth-order valence-electron chi connectivity index (χ4n) is 2.58.